The molecule has 1 aliphatic carbocycles. The average Bonchev–Trinajstić information content (AvgIpc) is 2.82. The maximum Gasteiger partial charge on any atom is 0.343 e. The van der Waals surface area contributed by atoms with E-state index in [0.717, 1.165) is 12.8 Å². The van der Waals surface area contributed by atoms with E-state index in [0.29, 0.717) is 11.2 Å². The SMILES string of the molecule is COC(=O)c1cnn2c3c(cnc12)CCCCCC3. The lowest BCUT2D eigenvalue weighted by molar-refractivity contribution is 0.0602. The van der Waals surface area contributed by atoms with Gasteiger partial charge in [0.2, 0.25) is 0 Å². The molecule has 2 aromatic heterocycles. The van der Waals surface area contributed by atoms with Crippen LogP contribution in [0.25, 0.3) is 5.65 Å². The summed E-state index contributed by atoms with van der Waals surface area (Å²) in [6.07, 6.45) is 10.4. The molecular formula is C14H17N3O2. The monoisotopic (exact) mass is 259 g/mol. The van der Waals surface area contributed by atoms with Gasteiger partial charge in [-0.1, -0.05) is 12.8 Å². The number of aryl methyl sites for hydroxylation is 2. The minimum absolute atomic E-state index is 0.381. The zero-order chi connectivity index (χ0) is 13.2. The van der Waals surface area contributed by atoms with E-state index in [9.17, 15) is 4.79 Å². The molecule has 0 spiro atoms. The van der Waals surface area contributed by atoms with Crippen LogP contribution in [0.1, 0.15) is 47.3 Å². The molecule has 19 heavy (non-hydrogen) atoms. The van der Waals surface area contributed by atoms with Gasteiger partial charge in [0.25, 0.3) is 0 Å². The van der Waals surface area contributed by atoms with Crippen LogP contribution in [0.3, 0.4) is 0 Å². The number of nitrogens with zero attached hydrogens (tertiary/aromatic N) is 3. The molecule has 5 heteroatoms. The second kappa shape index (κ2) is 4.99. The molecular weight excluding hydrogens is 242 g/mol. The fraction of sp³-hybridized carbons (Fsp3) is 0.500. The first-order chi connectivity index (χ1) is 9.31. The fourth-order valence-corrected chi connectivity index (χ4v) is 2.70. The molecule has 3 rings (SSSR count). The Hall–Kier alpha value is -1.91. The van der Waals surface area contributed by atoms with Gasteiger partial charge in [0.1, 0.15) is 5.56 Å². The number of ether oxygens (including phenoxy) is 1. The molecule has 0 bridgehead atoms. The zero-order valence-corrected chi connectivity index (χ0v) is 11.1. The van der Waals surface area contributed by atoms with E-state index in [1.54, 1.807) is 6.20 Å². The summed E-state index contributed by atoms with van der Waals surface area (Å²) in [4.78, 5) is 16.1. The van der Waals surface area contributed by atoms with Gasteiger partial charge in [-0.3, -0.25) is 0 Å². The van der Waals surface area contributed by atoms with Gasteiger partial charge >= 0.3 is 5.97 Å². The number of carbonyl (C=O) groups excluding carboxylic acids is 1. The number of carbonyl (C=O) groups is 1. The highest BCUT2D eigenvalue weighted by Crippen LogP contribution is 2.21. The van der Waals surface area contributed by atoms with Gasteiger partial charge in [-0.2, -0.15) is 5.10 Å². The quantitative estimate of drug-likeness (QED) is 0.736. The molecule has 0 radical (unpaired) electrons. The van der Waals surface area contributed by atoms with Crippen LogP contribution in [-0.2, 0) is 17.6 Å². The van der Waals surface area contributed by atoms with E-state index in [-0.39, 0.29) is 5.97 Å². The molecule has 0 atom stereocenters. The first kappa shape index (κ1) is 12.1. The molecule has 0 aliphatic heterocycles. The molecule has 0 aromatic carbocycles. The highest BCUT2D eigenvalue weighted by Gasteiger charge is 2.18. The van der Waals surface area contributed by atoms with Crippen LogP contribution < -0.4 is 0 Å². The van der Waals surface area contributed by atoms with Crippen LogP contribution in [-0.4, -0.2) is 27.7 Å². The van der Waals surface area contributed by atoms with Crippen LogP contribution in [0, 0.1) is 0 Å². The molecule has 0 fully saturated rings. The van der Waals surface area contributed by atoms with E-state index >= 15 is 0 Å². The molecule has 2 heterocycles. The maximum atomic E-state index is 11.7. The topological polar surface area (TPSA) is 56.5 Å². The first-order valence-corrected chi connectivity index (χ1v) is 6.74. The molecule has 2 aromatic rings. The normalized spacial score (nSPS) is 15.6. The van der Waals surface area contributed by atoms with Gasteiger partial charge in [0, 0.05) is 11.9 Å². The van der Waals surface area contributed by atoms with Crippen molar-refractivity contribution in [1.29, 1.82) is 0 Å². The summed E-state index contributed by atoms with van der Waals surface area (Å²) in [6, 6.07) is 0. The number of fused-ring (bicyclic) bond motifs is 3. The van der Waals surface area contributed by atoms with Crippen molar-refractivity contribution in [3.05, 3.63) is 29.2 Å². The number of aromatic nitrogens is 3. The van der Waals surface area contributed by atoms with Gasteiger partial charge in [0.15, 0.2) is 5.65 Å². The largest absolute Gasteiger partial charge is 0.465 e. The van der Waals surface area contributed by atoms with Crippen molar-refractivity contribution in [2.24, 2.45) is 0 Å². The average molecular weight is 259 g/mol. The summed E-state index contributed by atoms with van der Waals surface area (Å²) in [5.74, 6) is -0.381. The first-order valence-electron chi connectivity index (χ1n) is 6.74. The molecule has 0 N–H and O–H groups in total. The fourth-order valence-electron chi connectivity index (χ4n) is 2.70. The van der Waals surface area contributed by atoms with Crippen molar-refractivity contribution in [2.75, 3.05) is 7.11 Å². The molecule has 0 saturated heterocycles. The minimum Gasteiger partial charge on any atom is -0.465 e. The Labute approximate surface area is 111 Å². The van der Waals surface area contributed by atoms with Crippen LogP contribution in [0.15, 0.2) is 12.4 Å². The van der Waals surface area contributed by atoms with Gasteiger partial charge in [-0.25, -0.2) is 14.3 Å². The van der Waals surface area contributed by atoms with E-state index in [4.69, 9.17) is 4.74 Å². The standard InChI is InChI=1S/C14H17N3O2/c1-19-14(18)11-9-16-17-12-7-5-3-2-4-6-10(12)8-15-13(11)17/h8-9H,2-7H2,1H3. The van der Waals surface area contributed by atoms with Crippen LogP contribution in [0.4, 0.5) is 0 Å². The second-order valence-electron chi connectivity index (χ2n) is 4.93. The van der Waals surface area contributed by atoms with Crippen LogP contribution >= 0.6 is 0 Å². The van der Waals surface area contributed by atoms with Crippen molar-refractivity contribution >= 4 is 11.6 Å². The van der Waals surface area contributed by atoms with Crippen molar-refractivity contribution in [1.82, 2.24) is 14.6 Å². The van der Waals surface area contributed by atoms with E-state index < -0.39 is 0 Å². The van der Waals surface area contributed by atoms with Crippen LogP contribution in [0.2, 0.25) is 0 Å². The minimum atomic E-state index is -0.381. The number of methoxy groups -OCH3 is 1. The summed E-state index contributed by atoms with van der Waals surface area (Å²) in [5, 5.41) is 4.33. The van der Waals surface area contributed by atoms with Gasteiger partial charge < -0.3 is 4.74 Å². The van der Waals surface area contributed by atoms with Gasteiger partial charge in [0.05, 0.1) is 13.3 Å². The molecule has 100 valence electrons. The molecule has 0 amide bonds. The Balaban J connectivity index is 2.14. The lowest BCUT2D eigenvalue weighted by Crippen LogP contribution is -2.09. The van der Waals surface area contributed by atoms with Crippen molar-refractivity contribution < 1.29 is 9.53 Å². The third-order valence-corrected chi connectivity index (χ3v) is 3.73. The zero-order valence-electron chi connectivity index (χ0n) is 11.1. The lowest BCUT2D eigenvalue weighted by atomic mass is 9.98. The van der Waals surface area contributed by atoms with Crippen molar-refractivity contribution in [2.45, 2.75) is 38.5 Å². The van der Waals surface area contributed by atoms with E-state index in [1.165, 1.54) is 44.1 Å². The molecule has 0 saturated carbocycles. The van der Waals surface area contributed by atoms with Gasteiger partial charge in [-0.05, 0) is 31.2 Å². The molecule has 5 nitrogen and oxygen atoms in total. The number of hydrogen-bond donors (Lipinski definition) is 0. The summed E-state index contributed by atoms with van der Waals surface area (Å²) in [7, 11) is 1.37. The Morgan fingerprint density at radius 1 is 1.21 bits per heavy atom. The summed E-state index contributed by atoms with van der Waals surface area (Å²) >= 11 is 0. The van der Waals surface area contributed by atoms with Crippen LogP contribution in [0.5, 0.6) is 0 Å². The highest BCUT2D eigenvalue weighted by atomic mass is 16.5. The smallest absolute Gasteiger partial charge is 0.343 e. The van der Waals surface area contributed by atoms with Crippen molar-refractivity contribution in [3.8, 4) is 0 Å². The van der Waals surface area contributed by atoms with E-state index in [1.807, 2.05) is 10.7 Å². The Bertz CT molecular complexity index is 618. The van der Waals surface area contributed by atoms with E-state index in [2.05, 4.69) is 10.1 Å². The number of hydrogen-bond acceptors (Lipinski definition) is 4. The summed E-state index contributed by atoms with van der Waals surface area (Å²) in [5.41, 5.74) is 3.49. The Morgan fingerprint density at radius 2 is 2.00 bits per heavy atom. The number of esters is 1. The highest BCUT2D eigenvalue weighted by molar-refractivity contribution is 5.95. The van der Waals surface area contributed by atoms with Crippen molar-refractivity contribution in [3.63, 3.8) is 0 Å². The Kier molecular flexibility index (Phi) is 3.19. The third kappa shape index (κ3) is 2.09. The lowest BCUT2D eigenvalue weighted by Gasteiger charge is -2.14. The summed E-state index contributed by atoms with van der Waals surface area (Å²) in [6.45, 7) is 0. The maximum absolute atomic E-state index is 11.7. The van der Waals surface area contributed by atoms with Gasteiger partial charge in [-0.15, -0.1) is 0 Å². The molecule has 1 aliphatic rings. The predicted molar refractivity (Wildman–Crippen MR) is 70.2 cm³/mol. The molecule has 0 unspecified atom stereocenters. The second-order valence-corrected chi connectivity index (χ2v) is 4.93. The predicted octanol–water partition coefficient (Wildman–Crippen LogP) is 2.17. The summed E-state index contributed by atoms with van der Waals surface area (Å²) < 4.78 is 6.57. The Morgan fingerprint density at radius 3 is 2.79 bits per heavy atom. The third-order valence-electron chi connectivity index (χ3n) is 3.73. The number of rotatable bonds is 1.